The van der Waals surface area contributed by atoms with E-state index in [0.29, 0.717) is 6.04 Å². The molecule has 0 N–H and O–H groups in total. The van der Waals surface area contributed by atoms with E-state index in [4.69, 9.17) is 0 Å². The predicted octanol–water partition coefficient (Wildman–Crippen LogP) is 3.18. The van der Waals surface area contributed by atoms with E-state index in [2.05, 4.69) is 11.8 Å². The summed E-state index contributed by atoms with van der Waals surface area (Å²) in [6.07, 6.45) is 3.33. The number of anilines is 1. The fourth-order valence-electron chi connectivity index (χ4n) is 2.29. The highest BCUT2D eigenvalue weighted by Crippen LogP contribution is 2.34. The van der Waals surface area contributed by atoms with E-state index in [-0.39, 0.29) is 17.0 Å². The van der Waals surface area contributed by atoms with E-state index >= 15 is 0 Å². The summed E-state index contributed by atoms with van der Waals surface area (Å²) in [5, 5.41) is 10.9. The second-order valence-electron chi connectivity index (χ2n) is 4.94. The summed E-state index contributed by atoms with van der Waals surface area (Å²) in [6, 6.07) is 5.38. The highest BCUT2D eigenvalue weighted by atomic mass is 16.6. The van der Waals surface area contributed by atoms with Crippen molar-refractivity contribution >= 4 is 17.2 Å². The molecule has 0 aromatic heterocycles. The predicted molar refractivity (Wildman–Crippen MR) is 73.8 cm³/mol. The number of nitrogens with zero attached hydrogens (tertiary/aromatic N) is 2. The first-order chi connectivity index (χ1) is 9.04. The van der Waals surface area contributed by atoms with Gasteiger partial charge in [0.2, 0.25) is 0 Å². The Morgan fingerprint density at radius 1 is 1.47 bits per heavy atom. The first kappa shape index (κ1) is 13.5. The van der Waals surface area contributed by atoms with Gasteiger partial charge >= 0.3 is 0 Å². The zero-order chi connectivity index (χ0) is 14.0. The van der Waals surface area contributed by atoms with Gasteiger partial charge in [-0.2, -0.15) is 0 Å². The first-order valence-corrected chi connectivity index (χ1v) is 6.60. The molecule has 0 atom stereocenters. The van der Waals surface area contributed by atoms with E-state index in [0.717, 1.165) is 31.5 Å². The summed E-state index contributed by atoms with van der Waals surface area (Å²) in [6.45, 7) is 4.39. The molecular formula is C14H18N2O3. The lowest BCUT2D eigenvalue weighted by Crippen LogP contribution is -2.26. The summed E-state index contributed by atoms with van der Waals surface area (Å²) in [7, 11) is 0. The number of nitro groups is 1. The van der Waals surface area contributed by atoms with Crippen LogP contribution in [0.25, 0.3) is 0 Å². The van der Waals surface area contributed by atoms with Gasteiger partial charge in [-0.1, -0.05) is 6.92 Å². The Kier molecular flexibility index (Phi) is 3.83. The number of hydrogen-bond donors (Lipinski definition) is 0. The average molecular weight is 262 g/mol. The van der Waals surface area contributed by atoms with E-state index in [9.17, 15) is 14.9 Å². The van der Waals surface area contributed by atoms with Gasteiger partial charge in [0.05, 0.1) is 10.5 Å². The minimum atomic E-state index is -0.498. The quantitative estimate of drug-likeness (QED) is 0.448. The molecule has 1 aliphatic carbocycles. The van der Waals surface area contributed by atoms with Gasteiger partial charge in [-0.05, 0) is 38.3 Å². The second-order valence-corrected chi connectivity index (χ2v) is 4.94. The van der Waals surface area contributed by atoms with Crippen molar-refractivity contribution in [3.05, 3.63) is 33.9 Å². The molecule has 1 aromatic rings. The molecule has 0 spiro atoms. The van der Waals surface area contributed by atoms with Gasteiger partial charge in [0.25, 0.3) is 5.69 Å². The van der Waals surface area contributed by atoms with Crippen LogP contribution in [-0.4, -0.2) is 23.3 Å². The van der Waals surface area contributed by atoms with Crippen LogP contribution in [0.4, 0.5) is 11.4 Å². The molecule has 0 unspecified atom stereocenters. The largest absolute Gasteiger partial charge is 0.369 e. The van der Waals surface area contributed by atoms with Crippen molar-refractivity contribution in [3.8, 4) is 0 Å². The topological polar surface area (TPSA) is 63.4 Å². The minimum Gasteiger partial charge on any atom is -0.369 e. The number of nitro benzene ring substituents is 1. The summed E-state index contributed by atoms with van der Waals surface area (Å²) in [4.78, 5) is 24.2. The van der Waals surface area contributed by atoms with Crippen molar-refractivity contribution in [1.82, 2.24) is 0 Å². The molecule has 1 fully saturated rings. The summed E-state index contributed by atoms with van der Waals surface area (Å²) >= 11 is 0. The Morgan fingerprint density at radius 2 is 2.16 bits per heavy atom. The standard InChI is InChI=1S/C14H18N2O3/c1-3-8-15(11-4-5-11)12-6-7-14(16(18)19)13(9-12)10(2)17/h6-7,9,11H,3-5,8H2,1-2H3. The Labute approximate surface area is 112 Å². The van der Waals surface area contributed by atoms with Crippen LogP contribution in [-0.2, 0) is 0 Å². The van der Waals surface area contributed by atoms with Crippen LogP contribution in [0.3, 0.4) is 0 Å². The summed E-state index contributed by atoms with van der Waals surface area (Å²) < 4.78 is 0. The van der Waals surface area contributed by atoms with Crippen molar-refractivity contribution in [2.45, 2.75) is 39.2 Å². The Bertz CT molecular complexity index is 509. The second kappa shape index (κ2) is 5.38. The molecule has 0 bridgehead atoms. The molecule has 0 amide bonds. The maximum absolute atomic E-state index is 11.6. The molecular weight excluding hydrogens is 244 g/mol. The van der Waals surface area contributed by atoms with Gasteiger partial charge in [-0.25, -0.2) is 0 Å². The number of rotatable bonds is 6. The SMILES string of the molecule is CCCN(c1ccc([N+](=O)[O-])c(C(C)=O)c1)C1CC1. The third-order valence-corrected chi connectivity index (χ3v) is 3.34. The van der Waals surface area contributed by atoms with E-state index < -0.39 is 4.92 Å². The highest BCUT2D eigenvalue weighted by molar-refractivity contribution is 5.99. The molecule has 0 heterocycles. The number of ketones is 1. The Hall–Kier alpha value is -1.91. The monoisotopic (exact) mass is 262 g/mol. The van der Waals surface area contributed by atoms with Crippen LogP contribution in [0.5, 0.6) is 0 Å². The van der Waals surface area contributed by atoms with E-state index in [1.54, 1.807) is 12.1 Å². The van der Waals surface area contributed by atoms with Gasteiger partial charge in [-0.3, -0.25) is 14.9 Å². The van der Waals surface area contributed by atoms with Crippen LogP contribution >= 0.6 is 0 Å². The molecule has 0 saturated heterocycles. The zero-order valence-corrected chi connectivity index (χ0v) is 11.3. The molecule has 1 saturated carbocycles. The van der Waals surface area contributed by atoms with E-state index in [1.165, 1.54) is 13.0 Å². The molecule has 1 aromatic carbocycles. The van der Waals surface area contributed by atoms with Gasteiger partial charge in [0, 0.05) is 24.3 Å². The molecule has 0 radical (unpaired) electrons. The van der Waals surface area contributed by atoms with Gasteiger partial charge in [0.1, 0.15) is 0 Å². The van der Waals surface area contributed by atoms with Crippen LogP contribution in [0.15, 0.2) is 18.2 Å². The zero-order valence-electron chi connectivity index (χ0n) is 11.3. The molecule has 5 nitrogen and oxygen atoms in total. The van der Waals surface area contributed by atoms with Crippen molar-refractivity contribution < 1.29 is 9.72 Å². The molecule has 19 heavy (non-hydrogen) atoms. The number of benzene rings is 1. The average Bonchev–Trinajstić information content (AvgIpc) is 3.19. The minimum absolute atomic E-state index is 0.108. The lowest BCUT2D eigenvalue weighted by atomic mass is 10.1. The van der Waals surface area contributed by atoms with Crippen LogP contribution in [0, 0.1) is 10.1 Å². The number of hydrogen-bond acceptors (Lipinski definition) is 4. The lowest BCUT2D eigenvalue weighted by molar-refractivity contribution is -0.385. The summed E-state index contributed by atoms with van der Waals surface area (Å²) in [5.41, 5.74) is 1.01. The Balaban J connectivity index is 2.38. The van der Waals surface area contributed by atoms with Crippen molar-refractivity contribution in [2.24, 2.45) is 0 Å². The smallest absolute Gasteiger partial charge is 0.280 e. The van der Waals surface area contributed by atoms with Crippen LogP contribution < -0.4 is 4.90 Å². The normalized spacial score (nSPS) is 14.2. The maximum Gasteiger partial charge on any atom is 0.280 e. The fourth-order valence-corrected chi connectivity index (χ4v) is 2.29. The summed E-state index contributed by atoms with van der Waals surface area (Å²) in [5.74, 6) is -0.263. The molecule has 0 aliphatic heterocycles. The van der Waals surface area contributed by atoms with E-state index in [1.807, 2.05) is 0 Å². The molecule has 5 heteroatoms. The van der Waals surface area contributed by atoms with Crippen molar-refractivity contribution in [3.63, 3.8) is 0 Å². The van der Waals surface area contributed by atoms with Gasteiger partial charge < -0.3 is 4.90 Å². The first-order valence-electron chi connectivity index (χ1n) is 6.60. The molecule has 102 valence electrons. The van der Waals surface area contributed by atoms with Gasteiger partial charge in [-0.15, -0.1) is 0 Å². The van der Waals surface area contributed by atoms with Crippen molar-refractivity contribution in [2.75, 3.05) is 11.4 Å². The van der Waals surface area contributed by atoms with Crippen molar-refractivity contribution in [1.29, 1.82) is 0 Å². The van der Waals surface area contributed by atoms with Gasteiger partial charge in [0.15, 0.2) is 5.78 Å². The third-order valence-electron chi connectivity index (χ3n) is 3.34. The van der Waals surface area contributed by atoms with Crippen LogP contribution in [0.1, 0.15) is 43.5 Å². The van der Waals surface area contributed by atoms with Crippen LogP contribution in [0.2, 0.25) is 0 Å². The number of carbonyl (C=O) groups excluding carboxylic acids is 1. The third kappa shape index (κ3) is 2.92. The number of carbonyl (C=O) groups is 1. The highest BCUT2D eigenvalue weighted by Gasteiger charge is 2.30. The molecule has 1 aliphatic rings. The maximum atomic E-state index is 11.6. The Morgan fingerprint density at radius 3 is 2.63 bits per heavy atom. The fraction of sp³-hybridized carbons (Fsp3) is 0.500. The lowest BCUT2D eigenvalue weighted by Gasteiger charge is -2.24. The number of Topliss-reactive ketones (excluding diaryl/α,β-unsaturated/α-hetero) is 1. The molecule has 2 rings (SSSR count).